The molecule has 0 aromatic rings. The molecule has 2 fully saturated rings. The maximum Gasteiger partial charge on any atom is 0.156 e. The molecule has 25 heavy (non-hydrogen) atoms. The molecule has 4 aliphatic rings. The average Bonchev–Trinajstić information content (AvgIpc) is 2.93. The number of rotatable bonds is 3. The predicted octanol–water partition coefficient (Wildman–Crippen LogP) is 5.48. The molecule has 0 radical (unpaired) electrons. The van der Waals surface area contributed by atoms with Crippen LogP contribution in [0, 0.1) is 28.6 Å². The minimum Gasteiger partial charge on any atom is -0.378 e. The summed E-state index contributed by atoms with van der Waals surface area (Å²) in [7, 11) is 0. The first kappa shape index (κ1) is 17.5. The van der Waals surface area contributed by atoms with Crippen LogP contribution in [0.3, 0.4) is 0 Å². The lowest BCUT2D eigenvalue weighted by molar-refractivity contribution is -0.115. The molecule has 0 bridgehead atoms. The molecular weight excluding hydrogens is 308 g/mol. The highest BCUT2D eigenvalue weighted by molar-refractivity contribution is 5.95. The van der Waals surface area contributed by atoms with Gasteiger partial charge in [0, 0.05) is 6.61 Å². The smallest absolute Gasteiger partial charge is 0.156 e. The Balaban J connectivity index is 1.60. The van der Waals surface area contributed by atoms with E-state index in [0.29, 0.717) is 23.2 Å². The lowest BCUT2D eigenvalue weighted by atomic mass is 9.47. The fraction of sp³-hybridized carbons (Fsp3) is 0.783. The summed E-state index contributed by atoms with van der Waals surface area (Å²) >= 11 is 0. The van der Waals surface area contributed by atoms with Crippen LogP contribution in [-0.4, -0.2) is 18.5 Å². The van der Waals surface area contributed by atoms with E-state index in [-0.39, 0.29) is 5.41 Å². The van der Waals surface area contributed by atoms with Gasteiger partial charge < -0.3 is 4.74 Å². The molecule has 0 aromatic carbocycles. The van der Waals surface area contributed by atoms with Crippen LogP contribution in [0.5, 0.6) is 0 Å². The van der Waals surface area contributed by atoms with Gasteiger partial charge in [0.15, 0.2) is 5.78 Å². The summed E-state index contributed by atoms with van der Waals surface area (Å²) in [6.45, 7) is 9.62. The summed E-state index contributed by atoms with van der Waals surface area (Å²) in [6.07, 6.45) is 13.7. The molecule has 0 spiro atoms. The molecule has 0 aromatic heterocycles. The molecule has 2 nitrogen and oxygen atoms in total. The molecular formula is C23H34O2. The van der Waals surface area contributed by atoms with Crippen LogP contribution in [0.15, 0.2) is 23.3 Å². The lowest BCUT2D eigenvalue weighted by Crippen LogP contribution is -2.50. The fourth-order valence-electron chi connectivity index (χ4n) is 7.12. The molecule has 0 heterocycles. The predicted molar refractivity (Wildman–Crippen MR) is 101 cm³/mol. The number of carbonyl (C=O) groups excluding carboxylic acids is 1. The minimum atomic E-state index is 0.136. The van der Waals surface area contributed by atoms with Crippen LogP contribution in [0.2, 0.25) is 0 Å². The van der Waals surface area contributed by atoms with Gasteiger partial charge >= 0.3 is 0 Å². The number of Topliss-reactive ketones (excluding diaryl/α,β-unsaturated/α-hetero) is 1. The summed E-state index contributed by atoms with van der Waals surface area (Å²) < 4.78 is 5.95. The maximum atomic E-state index is 12.2. The zero-order chi connectivity index (χ0) is 17.8. The highest BCUT2D eigenvalue weighted by atomic mass is 16.5. The van der Waals surface area contributed by atoms with Crippen LogP contribution in [0.25, 0.3) is 0 Å². The van der Waals surface area contributed by atoms with E-state index in [1.807, 2.05) is 0 Å². The van der Waals surface area contributed by atoms with Gasteiger partial charge in [-0.25, -0.2) is 0 Å². The third-order valence-electron chi connectivity index (χ3n) is 8.42. The number of hydrogen-bond acceptors (Lipinski definition) is 2. The first-order valence-electron chi connectivity index (χ1n) is 10.4. The molecule has 2 heteroatoms. The Labute approximate surface area is 153 Å². The summed E-state index contributed by atoms with van der Waals surface area (Å²) in [5.41, 5.74) is 3.32. The number of ether oxygens (including phenoxy) is 1. The Hall–Kier alpha value is -0.890. The number of carbonyl (C=O) groups is 1. The first-order chi connectivity index (χ1) is 11.9. The Kier molecular flexibility index (Phi) is 4.26. The quantitative estimate of drug-likeness (QED) is 0.635. The second-order valence-corrected chi connectivity index (χ2v) is 9.45. The first-order valence-corrected chi connectivity index (χ1v) is 10.4. The highest BCUT2D eigenvalue weighted by Gasteiger charge is 2.57. The summed E-state index contributed by atoms with van der Waals surface area (Å²) in [5.74, 6) is 2.53. The summed E-state index contributed by atoms with van der Waals surface area (Å²) in [5, 5.41) is 0. The third-order valence-corrected chi connectivity index (χ3v) is 8.42. The SMILES string of the molecule is CCO[C@H]1CC[C@@]2(C)C(=CC[C@@H]3[C@@H]2CC[C@]2(C)C(C(C)=O)=CC[C@@H]32)C1. The van der Waals surface area contributed by atoms with Gasteiger partial charge in [-0.15, -0.1) is 0 Å². The normalized spacial score (nSPS) is 45.8. The van der Waals surface area contributed by atoms with Crippen molar-refractivity contribution in [1.29, 1.82) is 0 Å². The van der Waals surface area contributed by atoms with Crippen LogP contribution in [0.4, 0.5) is 0 Å². The van der Waals surface area contributed by atoms with E-state index in [1.165, 1.54) is 32.1 Å². The van der Waals surface area contributed by atoms with Crippen molar-refractivity contribution in [2.24, 2.45) is 28.6 Å². The molecule has 4 rings (SSSR count). The second-order valence-electron chi connectivity index (χ2n) is 9.45. The van der Waals surface area contributed by atoms with Gasteiger partial charge in [-0.1, -0.05) is 31.6 Å². The van der Waals surface area contributed by atoms with Crippen LogP contribution in [-0.2, 0) is 9.53 Å². The van der Waals surface area contributed by atoms with Crippen molar-refractivity contribution in [1.82, 2.24) is 0 Å². The maximum absolute atomic E-state index is 12.2. The largest absolute Gasteiger partial charge is 0.378 e. The van der Waals surface area contributed by atoms with E-state index in [0.717, 1.165) is 36.9 Å². The van der Waals surface area contributed by atoms with Gasteiger partial charge in [0.05, 0.1) is 6.10 Å². The molecule has 0 aliphatic heterocycles. The highest BCUT2D eigenvalue weighted by Crippen LogP contribution is 2.65. The van der Waals surface area contributed by atoms with Gasteiger partial charge in [0.25, 0.3) is 0 Å². The number of ketones is 1. The van der Waals surface area contributed by atoms with Crippen LogP contribution >= 0.6 is 0 Å². The summed E-state index contributed by atoms with van der Waals surface area (Å²) in [4.78, 5) is 12.2. The zero-order valence-electron chi connectivity index (χ0n) is 16.4. The van der Waals surface area contributed by atoms with Gasteiger partial charge in [0.2, 0.25) is 0 Å². The van der Waals surface area contributed by atoms with Crippen LogP contribution in [0.1, 0.15) is 72.6 Å². The van der Waals surface area contributed by atoms with Gasteiger partial charge in [-0.05, 0) is 93.0 Å². The molecule has 4 aliphatic carbocycles. The van der Waals surface area contributed by atoms with E-state index in [2.05, 4.69) is 32.9 Å². The van der Waals surface area contributed by atoms with E-state index in [9.17, 15) is 4.79 Å². The van der Waals surface area contributed by atoms with E-state index in [4.69, 9.17) is 4.74 Å². The van der Waals surface area contributed by atoms with Gasteiger partial charge in [-0.3, -0.25) is 4.79 Å². The third kappa shape index (κ3) is 2.51. The van der Waals surface area contributed by atoms with Crippen molar-refractivity contribution in [2.45, 2.75) is 78.7 Å². The number of allylic oxidation sites excluding steroid dienone is 3. The van der Waals surface area contributed by atoms with E-state index in [1.54, 1.807) is 12.5 Å². The van der Waals surface area contributed by atoms with Crippen molar-refractivity contribution >= 4 is 5.78 Å². The van der Waals surface area contributed by atoms with Crippen molar-refractivity contribution in [3.63, 3.8) is 0 Å². The lowest BCUT2D eigenvalue weighted by Gasteiger charge is -2.57. The molecule has 2 saturated carbocycles. The number of hydrogen-bond donors (Lipinski definition) is 0. The van der Waals surface area contributed by atoms with E-state index >= 15 is 0 Å². The minimum absolute atomic E-state index is 0.136. The van der Waals surface area contributed by atoms with Gasteiger partial charge in [-0.2, -0.15) is 0 Å². The fourth-order valence-corrected chi connectivity index (χ4v) is 7.12. The van der Waals surface area contributed by atoms with E-state index < -0.39 is 0 Å². The Morgan fingerprint density at radius 1 is 1.12 bits per heavy atom. The average molecular weight is 343 g/mol. The molecule has 6 atom stereocenters. The standard InChI is InChI=1S/C23H34O2/c1-5-25-17-10-12-22(3)16(14-17)6-7-18-20-9-8-19(15(2)24)23(20,4)13-11-21(18)22/h6,8,17-18,20-21H,5,7,9-14H2,1-4H3/t17-,18-,20-,21-,22-,23+/m0/s1. The van der Waals surface area contributed by atoms with Crippen molar-refractivity contribution in [3.8, 4) is 0 Å². The van der Waals surface area contributed by atoms with Crippen molar-refractivity contribution < 1.29 is 9.53 Å². The molecule has 0 N–H and O–H groups in total. The molecule has 0 unspecified atom stereocenters. The Morgan fingerprint density at radius 3 is 2.60 bits per heavy atom. The molecule has 0 saturated heterocycles. The van der Waals surface area contributed by atoms with Gasteiger partial charge in [0.1, 0.15) is 0 Å². The Bertz CT molecular complexity index is 630. The number of fused-ring (bicyclic) bond motifs is 5. The molecule has 0 amide bonds. The topological polar surface area (TPSA) is 26.3 Å². The zero-order valence-corrected chi connectivity index (χ0v) is 16.4. The molecule has 138 valence electrons. The van der Waals surface area contributed by atoms with Crippen molar-refractivity contribution in [2.75, 3.05) is 6.61 Å². The monoisotopic (exact) mass is 342 g/mol. The summed E-state index contributed by atoms with van der Waals surface area (Å²) in [6, 6.07) is 0. The Morgan fingerprint density at radius 2 is 1.88 bits per heavy atom. The second kappa shape index (κ2) is 6.08. The van der Waals surface area contributed by atoms with Crippen molar-refractivity contribution in [3.05, 3.63) is 23.3 Å². The van der Waals surface area contributed by atoms with Crippen LogP contribution < -0.4 is 0 Å².